The molecule has 0 saturated heterocycles. The van der Waals surface area contributed by atoms with Crippen molar-refractivity contribution in [2.45, 2.75) is 6.04 Å². The number of fused-ring (bicyclic) bond motifs is 3. The maximum Gasteiger partial charge on any atom is 0.257 e. The maximum atomic E-state index is 14.1. The second kappa shape index (κ2) is 5.74. The molecule has 4 heteroatoms. The predicted octanol–water partition coefficient (Wildman–Crippen LogP) is 4.37. The topological polar surface area (TPSA) is 40.5 Å². The molecule has 0 aromatic heterocycles. The summed E-state index contributed by atoms with van der Waals surface area (Å²) >= 11 is 0. The van der Waals surface area contributed by atoms with Gasteiger partial charge in [-0.25, -0.2) is 4.39 Å². The fourth-order valence-corrected chi connectivity index (χ4v) is 3.53. The monoisotopic (exact) mass is 333 g/mol. The second-order valence-corrected chi connectivity index (χ2v) is 6.16. The summed E-state index contributed by atoms with van der Waals surface area (Å²) in [6.45, 7) is 0. The van der Waals surface area contributed by atoms with Crippen LogP contribution in [0.2, 0.25) is 0 Å². The molecule has 0 radical (unpaired) electrons. The minimum Gasteiger partial charge on any atom is -0.508 e. The van der Waals surface area contributed by atoms with E-state index in [2.05, 4.69) is 0 Å². The number of halogens is 1. The second-order valence-electron chi connectivity index (χ2n) is 6.16. The molecule has 0 heterocycles. The molecule has 0 fully saturated rings. The Morgan fingerprint density at radius 1 is 0.960 bits per heavy atom. The Kier molecular flexibility index (Phi) is 3.53. The van der Waals surface area contributed by atoms with E-state index in [1.807, 2.05) is 48.5 Å². The van der Waals surface area contributed by atoms with Crippen LogP contribution in [0.1, 0.15) is 27.5 Å². The number of hydrogen-bond donors (Lipinski definition) is 1. The lowest BCUT2D eigenvalue weighted by Crippen LogP contribution is -2.31. The molecule has 3 aromatic carbocycles. The molecule has 0 spiro atoms. The molecule has 0 atom stereocenters. The minimum absolute atomic E-state index is 0.0536. The summed E-state index contributed by atoms with van der Waals surface area (Å²) in [5.41, 5.74) is 4.18. The first-order valence-corrected chi connectivity index (χ1v) is 8.02. The zero-order valence-corrected chi connectivity index (χ0v) is 13.6. The lowest BCUT2D eigenvalue weighted by Gasteiger charge is -2.27. The lowest BCUT2D eigenvalue weighted by atomic mass is 10.0. The Morgan fingerprint density at radius 2 is 1.52 bits per heavy atom. The van der Waals surface area contributed by atoms with Crippen LogP contribution in [0.15, 0.2) is 66.7 Å². The van der Waals surface area contributed by atoms with Gasteiger partial charge >= 0.3 is 0 Å². The third kappa shape index (κ3) is 2.38. The highest BCUT2D eigenvalue weighted by Gasteiger charge is 2.34. The first-order valence-electron chi connectivity index (χ1n) is 8.02. The van der Waals surface area contributed by atoms with Gasteiger partial charge in [0.25, 0.3) is 5.91 Å². The number of benzene rings is 3. The highest BCUT2D eigenvalue weighted by molar-refractivity contribution is 5.96. The summed E-state index contributed by atoms with van der Waals surface area (Å²) in [5, 5.41) is 9.36. The summed E-state index contributed by atoms with van der Waals surface area (Å²) in [5.74, 6) is -1.35. The molecule has 1 amide bonds. The van der Waals surface area contributed by atoms with Crippen LogP contribution in [0.3, 0.4) is 0 Å². The zero-order valence-electron chi connectivity index (χ0n) is 13.6. The minimum atomic E-state index is -0.726. The van der Waals surface area contributed by atoms with Crippen LogP contribution in [-0.2, 0) is 0 Å². The van der Waals surface area contributed by atoms with Crippen molar-refractivity contribution in [2.75, 3.05) is 7.05 Å². The van der Waals surface area contributed by atoms with E-state index in [1.165, 1.54) is 12.1 Å². The van der Waals surface area contributed by atoms with Gasteiger partial charge in [0.05, 0.1) is 11.6 Å². The fraction of sp³-hybridized carbons (Fsp3) is 0.0952. The first-order chi connectivity index (χ1) is 12.1. The molecule has 1 aliphatic carbocycles. The molecule has 0 aliphatic heterocycles. The molecule has 4 rings (SSSR count). The van der Waals surface area contributed by atoms with Crippen molar-refractivity contribution < 1.29 is 14.3 Å². The highest BCUT2D eigenvalue weighted by atomic mass is 19.1. The quantitative estimate of drug-likeness (QED) is 0.756. The Bertz CT molecular complexity index is 938. The maximum absolute atomic E-state index is 14.1. The Hall–Kier alpha value is -3.14. The number of amides is 1. The average molecular weight is 333 g/mol. The van der Waals surface area contributed by atoms with E-state index >= 15 is 0 Å². The third-order valence-electron chi connectivity index (χ3n) is 4.69. The van der Waals surface area contributed by atoms with Crippen molar-refractivity contribution in [3.63, 3.8) is 0 Å². The largest absolute Gasteiger partial charge is 0.508 e. The molecule has 1 aliphatic rings. The highest BCUT2D eigenvalue weighted by Crippen LogP contribution is 2.46. The molecule has 1 N–H and O–H groups in total. The number of hydrogen-bond acceptors (Lipinski definition) is 2. The van der Waals surface area contributed by atoms with Crippen molar-refractivity contribution in [1.82, 2.24) is 4.90 Å². The molecule has 0 unspecified atom stereocenters. The van der Waals surface area contributed by atoms with Gasteiger partial charge < -0.3 is 10.0 Å². The van der Waals surface area contributed by atoms with E-state index in [1.54, 1.807) is 11.9 Å². The van der Waals surface area contributed by atoms with Crippen LogP contribution in [-0.4, -0.2) is 23.0 Å². The van der Waals surface area contributed by atoms with Crippen LogP contribution in [0.4, 0.5) is 4.39 Å². The Balaban J connectivity index is 1.80. The van der Waals surface area contributed by atoms with Crippen LogP contribution >= 0.6 is 0 Å². The van der Waals surface area contributed by atoms with Gasteiger partial charge in [0.2, 0.25) is 0 Å². The van der Waals surface area contributed by atoms with Gasteiger partial charge in [-0.15, -0.1) is 0 Å². The molecule has 124 valence electrons. The van der Waals surface area contributed by atoms with E-state index in [4.69, 9.17) is 0 Å². The van der Waals surface area contributed by atoms with Gasteiger partial charge in [-0.2, -0.15) is 0 Å². The van der Waals surface area contributed by atoms with Crippen LogP contribution in [0, 0.1) is 5.82 Å². The number of nitrogens with zero attached hydrogens (tertiary/aromatic N) is 1. The summed E-state index contributed by atoms with van der Waals surface area (Å²) < 4.78 is 14.1. The van der Waals surface area contributed by atoms with Crippen LogP contribution < -0.4 is 0 Å². The van der Waals surface area contributed by atoms with Gasteiger partial charge in [0.15, 0.2) is 0 Å². The van der Waals surface area contributed by atoms with Gasteiger partial charge in [-0.05, 0) is 34.4 Å². The Morgan fingerprint density at radius 3 is 2.08 bits per heavy atom. The van der Waals surface area contributed by atoms with Gasteiger partial charge in [0.1, 0.15) is 11.6 Å². The van der Waals surface area contributed by atoms with Crippen molar-refractivity contribution in [3.8, 4) is 16.9 Å². The first kappa shape index (κ1) is 15.4. The number of carbonyl (C=O) groups is 1. The van der Waals surface area contributed by atoms with Crippen molar-refractivity contribution in [1.29, 1.82) is 0 Å². The van der Waals surface area contributed by atoms with Gasteiger partial charge in [0, 0.05) is 13.1 Å². The molecule has 3 aromatic rings. The van der Waals surface area contributed by atoms with E-state index < -0.39 is 11.7 Å². The molecule has 0 saturated carbocycles. The van der Waals surface area contributed by atoms with E-state index in [-0.39, 0.29) is 17.4 Å². The summed E-state index contributed by atoms with van der Waals surface area (Å²) in [7, 11) is 1.68. The lowest BCUT2D eigenvalue weighted by molar-refractivity contribution is 0.0753. The fourth-order valence-electron chi connectivity index (χ4n) is 3.53. The van der Waals surface area contributed by atoms with E-state index in [0.29, 0.717) is 0 Å². The van der Waals surface area contributed by atoms with E-state index in [0.717, 1.165) is 28.3 Å². The summed E-state index contributed by atoms with van der Waals surface area (Å²) in [6.07, 6.45) is 0. The summed E-state index contributed by atoms with van der Waals surface area (Å²) in [4.78, 5) is 14.4. The third-order valence-corrected chi connectivity index (χ3v) is 4.69. The van der Waals surface area contributed by atoms with Crippen LogP contribution in [0.25, 0.3) is 11.1 Å². The molecular formula is C21H16FNO2. The standard InChI is InChI=1S/C21H16FNO2/c1-23(21(25)18-11-10-13(24)12-19(18)22)20-16-8-4-2-6-14(16)15-7-3-5-9-17(15)20/h2-12,20,24H,1H3. The van der Waals surface area contributed by atoms with E-state index in [9.17, 15) is 14.3 Å². The summed E-state index contributed by atoms with van der Waals surface area (Å²) in [6, 6.07) is 19.2. The van der Waals surface area contributed by atoms with Crippen molar-refractivity contribution in [3.05, 3.63) is 89.2 Å². The SMILES string of the molecule is CN(C(=O)c1ccc(O)cc1F)C1c2ccccc2-c2ccccc21. The normalized spacial score (nSPS) is 12.6. The number of phenols is 1. The van der Waals surface area contributed by atoms with Crippen LogP contribution in [0.5, 0.6) is 5.75 Å². The van der Waals surface area contributed by atoms with Gasteiger partial charge in [-0.1, -0.05) is 48.5 Å². The van der Waals surface area contributed by atoms with Crippen molar-refractivity contribution in [2.24, 2.45) is 0 Å². The zero-order chi connectivity index (χ0) is 17.6. The van der Waals surface area contributed by atoms with Crippen molar-refractivity contribution >= 4 is 5.91 Å². The number of rotatable bonds is 2. The molecule has 25 heavy (non-hydrogen) atoms. The number of carbonyl (C=O) groups excluding carboxylic acids is 1. The Labute approximate surface area is 145 Å². The van der Waals surface area contributed by atoms with Gasteiger partial charge in [-0.3, -0.25) is 4.79 Å². The molecular weight excluding hydrogens is 317 g/mol. The molecule has 0 bridgehead atoms. The smallest absolute Gasteiger partial charge is 0.257 e. The predicted molar refractivity (Wildman–Crippen MR) is 93.9 cm³/mol. The average Bonchev–Trinajstić information content (AvgIpc) is 2.95. The number of phenolic OH excluding ortho intramolecular Hbond substituents is 1. The number of aromatic hydroxyl groups is 1. The molecule has 3 nitrogen and oxygen atoms in total.